The molecule has 1 saturated carbocycles. The average Bonchev–Trinajstić information content (AvgIpc) is 3.22. The molecule has 0 unspecified atom stereocenters. The molecule has 0 heterocycles. The van der Waals surface area contributed by atoms with Crippen molar-refractivity contribution in [1.82, 2.24) is 5.32 Å². The van der Waals surface area contributed by atoms with Crippen LogP contribution in [0.2, 0.25) is 0 Å². The molecule has 0 spiro atoms. The summed E-state index contributed by atoms with van der Waals surface area (Å²) in [6.45, 7) is 11.2. The van der Waals surface area contributed by atoms with Gasteiger partial charge >= 0.3 is 0 Å². The first-order chi connectivity index (χ1) is 9.56. The first-order valence-electron chi connectivity index (χ1n) is 8.15. The summed E-state index contributed by atoms with van der Waals surface area (Å²) in [5.74, 6) is 0.783. The maximum atomic E-state index is 3.47. The van der Waals surface area contributed by atoms with Crippen LogP contribution in [0.3, 0.4) is 0 Å². The lowest BCUT2D eigenvalue weighted by Crippen LogP contribution is -2.27. The van der Waals surface area contributed by atoms with Crippen molar-refractivity contribution in [1.29, 1.82) is 0 Å². The number of benzene rings is 1. The highest BCUT2D eigenvalue weighted by atomic mass is 15.2. The molecule has 2 rings (SSSR count). The van der Waals surface area contributed by atoms with Crippen molar-refractivity contribution in [3.63, 3.8) is 0 Å². The molecule has 0 aromatic heterocycles. The van der Waals surface area contributed by atoms with Crippen molar-refractivity contribution in [3.8, 4) is 0 Å². The minimum Gasteiger partial charge on any atom is -0.369 e. The zero-order valence-corrected chi connectivity index (χ0v) is 13.5. The zero-order chi connectivity index (χ0) is 14.5. The smallest absolute Gasteiger partial charge is 0.0368 e. The lowest BCUT2D eigenvalue weighted by Gasteiger charge is -2.26. The van der Waals surface area contributed by atoms with Gasteiger partial charge in [-0.05, 0) is 42.9 Å². The topological polar surface area (TPSA) is 15.3 Å². The van der Waals surface area contributed by atoms with E-state index in [4.69, 9.17) is 0 Å². The first kappa shape index (κ1) is 15.4. The molecule has 0 atom stereocenters. The van der Waals surface area contributed by atoms with Crippen LogP contribution in [0.4, 0.5) is 5.69 Å². The van der Waals surface area contributed by atoms with Crippen molar-refractivity contribution < 1.29 is 0 Å². The van der Waals surface area contributed by atoms with E-state index in [-0.39, 0.29) is 0 Å². The van der Waals surface area contributed by atoms with Crippen LogP contribution >= 0.6 is 0 Å². The Morgan fingerprint density at radius 1 is 1.10 bits per heavy atom. The predicted molar refractivity (Wildman–Crippen MR) is 88.2 cm³/mol. The van der Waals surface area contributed by atoms with Gasteiger partial charge in [-0.1, -0.05) is 39.8 Å². The molecule has 2 heteroatoms. The van der Waals surface area contributed by atoms with E-state index in [0.717, 1.165) is 18.5 Å². The van der Waals surface area contributed by atoms with E-state index in [1.54, 1.807) is 0 Å². The molecule has 0 radical (unpaired) electrons. The monoisotopic (exact) mass is 274 g/mol. The standard InChI is InChI=1S/C18H30N2/c1-14(2)11-12-20(18-9-10-18)17-7-5-16(6-8-17)13-19-15(3)4/h5-8,14-15,18-19H,9-13H2,1-4H3. The van der Waals surface area contributed by atoms with Crippen LogP contribution in [0.25, 0.3) is 0 Å². The molecule has 0 amide bonds. The number of nitrogens with one attached hydrogen (secondary N) is 1. The van der Waals surface area contributed by atoms with Crippen LogP contribution in [0.5, 0.6) is 0 Å². The van der Waals surface area contributed by atoms with Gasteiger partial charge in [-0.3, -0.25) is 0 Å². The molecule has 0 bridgehead atoms. The van der Waals surface area contributed by atoms with Crippen LogP contribution < -0.4 is 10.2 Å². The summed E-state index contributed by atoms with van der Waals surface area (Å²) in [5, 5.41) is 3.47. The molecule has 1 aromatic carbocycles. The minimum absolute atomic E-state index is 0.545. The third-order valence-electron chi connectivity index (χ3n) is 3.92. The Balaban J connectivity index is 1.95. The van der Waals surface area contributed by atoms with E-state index in [1.165, 1.54) is 37.1 Å². The van der Waals surface area contributed by atoms with Gasteiger partial charge in [0.25, 0.3) is 0 Å². The number of nitrogens with zero attached hydrogens (tertiary/aromatic N) is 1. The Morgan fingerprint density at radius 2 is 1.75 bits per heavy atom. The van der Waals surface area contributed by atoms with E-state index in [2.05, 4.69) is 62.2 Å². The number of hydrogen-bond donors (Lipinski definition) is 1. The van der Waals surface area contributed by atoms with E-state index in [0.29, 0.717) is 6.04 Å². The van der Waals surface area contributed by atoms with Gasteiger partial charge in [0.1, 0.15) is 0 Å². The van der Waals surface area contributed by atoms with Crippen LogP contribution in [0.15, 0.2) is 24.3 Å². The molecule has 0 saturated heterocycles. The van der Waals surface area contributed by atoms with E-state index >= 15 is 0 Å². The summed E-state index contributed by atoms with van der Waals surface area (Å²) in [4.78, 5) is 2.61. The van der Waals surface area contributed by atoms with Crippen LogP contribution in [-0.2, 0) is 6.54 Å². The van der Waals surface area contributed by atoms with Crippen LogP contribution in [0.1, 0.15) is 52.5 Å². The summed E-state index contributed by atoms with van der Waals surface area (Å²) in [5.41, 5.74) is 2.78. The molecule has 2 nitrogen and oxygen atoms in total. The molecule has 0 aliphatic heterocycles. The average molecular weight is 274 g/mol. The molecule has 1 aromatic rings. The molecule has 1 aliphatic carbocycles. The highest BCUT2D eigenvalue weighted by molar-refractivity contribution is 5.49. The second-order valence-electron chi connectivity index (χ2n) is 6.81. The van der Waals surface area contributed by atoms with Crippen molar-refractivity contribution in [2.24, 2.45) is 5.92 Å². The normalized spacial score (nSPS) is 15.1. The number of anilines is 1. The van der Waals surface area contributed by atoms with Crippen molar-refractivity contribution in [2.75, 3.05) is 11.4 Å². The highest BCUT2D eigenvalue weighted by Gasteiger charge is 2.28. The maximum Gasteiger partial charge on any atom is 0.0368 e. The lowest BCUT2D eigenvalue weighted by molar-refractivity contribution is 0.570. The highest BCUT2D eigenvalue weighted by Crippen LogP contribution is 2.32. The van der Waals surface area contributed by atoms with E-state index in [1.807, 2.05) is 0 Å². The fourth-order valence-electron chi connectivity index (χ4n) is 2.43. The maximum absolute atomic E-state index is 3.47. The molecule has 1 aliphatic rings. The Kier molecular flexibility index (Phi) is 5.47. The van der Waals surface area contributed by atoms with E-state index in [9.17, 15) is 0 Å². The summed E-state index contributed by atoms with van der Waals surface area (Å²) in [6.07, 6.45) is 4.02. The first-order valence-corrected chi connectivity index (χ1v) is 8.15. The molecule has 1 fully saturated rings. The van der Waals surface area contributed by atoms with Gasteiger partial charge in [0, 0.05) is 30.9 Å². The molecule has 1 N–H and O–H groups in total. The summed E-state index contributed by atoms with van der Waals surface area (Å²) in [6, 6.07) is 10.5. The zero-order valence-electron chi connectivity index (χ0n) is 13.5. The van der Waals surface area contributed by atoms with Gasteiger partial charge in [-0.2, -0.15) is 0 Å². The fourth-order valence-corrected chi connectivity index (χ4v) is 2.43. The summed E-state index contributed by atoms with van der Waals surface area (Å²) < 4.78 is 0. The summed E-state index contributed by atoms with van der Waals surface area (Å²) in [7, 11) is 0. The molecule has 20 heavy (non-hydrogen) atoms. The lowest BCUT2D eigenvalue weighted by atomic mass is 10.1. The van der Waals surface area contributed by atoms with Crippen molar-refractivity contribution >= 4 is 5.69 Å². The summed E-state index contributed by atoms with van der Waals surface area (Å²) >= 11 is 0. The van der Waals surface area contributed by atoms with Gasteiger partial charge in [-0.25, -0.2) is 0 Å². The second-order valence-corrected chi connectivity index (χ2v) is 6.81. The second kappa shape index (κ2) is 7.12. The fraction of sp³-hybridized carbons (Fsp3) is 0.667. The predicted octanol–water partition coefficient (Wildman–Crippen LogP) is 4.20. The Bertz CT molecular complexity index is 390. The SMILES string of the molecule is CC(C)CCN(c1ccc(CNC(C)C)cc1)C1CC1. The van der Waals surface area contributed by atoms with Crippen molar-refractivity contribution in [2.45, 2.75) is 65.6 Å². The number of rotatable bonds is 8. The van der Waals surface area contributed by atoms with E-state index < -0.39 is 0 Å². The van der Waals surface area contributed by atoms with Gasteiger partial charge < -0.3 is 10.2 Å². The molecular formula is C18H30N2. The van der Waals surface area contributed by atoms with Gasteiger partial charge in [0.05, 0.1) is 0 Å². The molecular weight excluding hydrogens is 244 g/mol. The Labute approximate surface area is 124 Å². The van der Waals surface area contributed by atoms with Gasteiger partial charge in [0.15, 0.2) is 0 Å². The number of hydrogen-bond acceptors (Lipinski definition) is 2. The van der Waals surface area contributed by atoms with Crippen LogP contribution in [0, 0.1) is 5.92 Å². The van der Waals surface area contributed by atoms with Gasteiger partial charge in [0.2, 0.25) is 0 Å². The third kappa shape index (κ3) is 4.82. The third-order valence-corrected chi connectivity index (χ3v) is 3.92. The van der Waals surface area contributed by atoms with Crippen LogP contribution in [-0.4, -0.2) is 18.6 Å². The minimum atomic E-state index is 0.545. The van der Waals surface area contributed by atoms with Crippen molar-refractivity contribution in [3.05, 3.63) is 29.8 Å². The largest absolute Gasteiger partial charge is 0.369 e. The van der Waals surface area contributed by atoms with Gasteiger partial charge in [-0.15, -0.1) is 0 Å². The Morgan fingerprint density at radius 3 is 2.25 bits per heavy atom. The quantitative estimate of drug-likeness (QED) is 0.764. The molecule has 112 valence electrons. The Hall–Kier alpha value is -1.02.